The second-order valence-corrected chi connectivity index (χ2v) is 5.00. The number of hydrogen-bond acceptors (Lipinski definition) is 2. The molecule has 2 heterocycles. The van der Waals surface area contributed by atoms with Gasteiger partial charge in [0.1, 0.15) is 0 Å². The third kappa shape index (κ3) is 2.71. The summed E-state index contributed by atoms with van der Waals surface area (Å²) in [6.07, 6.45) is 8.57. The Morgan fingerprint density at radius 2 is 1.64 bits per heavy atom. The Hall–Kier alpha value is -0.0800. The van der Waals surface area contributed by atoms with E-state index in [2.05, 4.69) is 17.1 Å². The van der Waals surface area contributed by atoms with Crippen molar-refractivity contribution in [2.75, 3.05) is 19.6 Å². The molecule has 0 aliphatic carbocycles. The van der Waals surface area contributed by atoms with E-state index in [4.69, 9.17) is 0 Å². The smallest absolute Gasteiger partial charge is 0.0235 e. The zero-order valence-electron chi connectivity index (χ0n) is 9.47. The van der Waals surface area contributed by atoms with Crippen molar-refractivity contribution in [2.24, 2.45) is 0 Å². The Labute approximate surface area is 88.1 Å². The standard InChI is InChI=1S/C12H24N2/c1-11-9-12(10-13-11)14-7-5-3-2-4-6-8-14/h11-13H,2-10H2,1H3. The van der Waals surface area contributed by atoms with Crippen molar-refractivity contribution in [3.05, 3.63) is 0 Å². The topological polar surface area (TPSA) is 15.3 Å². The van der Waals surface area contributed by atoms with Crippen molar-refractivity contribution >= 4 is 0 Å². The molecule has 0 aromatic rings. The molecule has 0 amide bonds. The quantitative estimate of drug-likeness (QED) is 0.690. The molecule has 0 radical (unpaired) electrons. The van der Waals surface area contributed by atoms with Crippen molar-refractivity contribution in [3.63, 3.8) is 0 Å². The summed E-state index contributed by atoms with van der Waals surface area (Å²) in [6.45, 7) is 6.23. The van der Waals surface area contributed by atoms with Gasteiger partial charge in [0.15, 0.2) is 0 Å². The van der Waals surface area contributed by atoms with Gasteiger partial charge in [0.25, 0.3) is 0 Å². The van der Waals surface area contributed by atoms with Gasteiger partial charge in [-0.3, -0.25) is 4.90 Å². The average Bonchev–Trinajstić information content (AvgIpc) is 2.51. The lowest BCUT2D eigenvalue weighted by Gasteiger charge is -2.29. The lowest BCUT2D eigenvalue weighted by atomic mass is 10.1. The van der Waals surface area contributed by atoms with Crippen LogP contribution in [0.3, 0.4) is 0 Å². The Bertz CT molecular complexity index is 162. The molecular weight excluding hydrogens is 172 g/mol. The SMILES string of the molecule is CC1CC(N2CCCCCCC2)CN1. The van der Waals surface area contributed by atoms with Crippen LogP contribution in [-0.2, 0) is 0 Å². The normalized spacial score (nSPS) is 36.6. The molecule has 2 saturated heterocycles. The predicted molar refractivity (Wildman–Crippen MR) is 60.5 cm³/mol. The first-order chi connectivity index (χ1) is 6.86. The summed E-state index contributed by atoms with van der Waals surface area (Å²) in [7, 11) is 0. The molecule has 2 nitrogen and oxygen atoms in total. The maximum atomic E-state index is 3.56. The van der Waals surface area contributed by atoms with Gasteiger partial charge in [-0.2, -0.15) is 0 Å². The average molecular weight is 196 g/mol. The molecule has 2 aliphatic heterocycles. The highest BCUT2D eigenvalue weighted by Crippen LogP contribution is 2.18. The minimum Gasteiger partial charge on any atom is -0.313 e. The molecule has 2 heteroatoms. The summed E-state index contributed by atoms with van der Waals surface area (Å²) in [6, 6.07) is 1.58. The van der Waals surface area contributed by atoms with Crippen molar-refractivity contribution in [2.45, 2.75) is 57.5 Å². The van der Waals surface area contributed by atoms with Crippen molar-refractivity contribution in [1.82, 2.24) is 10.2 Å². The van der Waals surface area contributed by atoms with Gasteiger partial charge in [0.2, 0.25) is 0 Å². The lowest BCUT2D eigenvalue weighted by Crippen LogP contribution is -2.38. The van der Waals surface area contributed by atoms with Crippen LogP contribution in [0.2, 0.25) is 0 Å². The molecular formula is C12H24N2. The number of likely N-dealkylation sites (tertiary alicyclic amines) is 1. The molecule has 14 heavy (non-hydrogen) atoms. The van der Waals surface area contributed by atoms with E-state index in [1.165, 1.54) is 58.2 Å². The molecule has 2 fully saturated rings. The molecule has 0 spiro atoms. The van der Waals surface area contributed by atoms with Gasteiger partial charge >= 0.3 is 0 Å². The fraction of sp³-hybridized carbons (Fsp3) is 1.00. The van der Waals surface area contributed by atoms with Gasteiger partial charge in [-0.25, -0.2) is 0 Å². The van der Waals surface area contributed by atoms with Gasteiger partial charge in [-0.1, -0.05) is 19.3 Å². The van der Waals surface area contributed by atoms with Crippen LogP contribution < -0.4 is 5.32 Å². The molecule has 0 aromatic heterocycles. The summed E-state index contributed by atoms with van der Waals surface area (Å²) in [5.74, 6) is 0. The third-order valence-corrected chi connectivity index (χ3v) is 3.73. The third-order valence-electron chi connectivity index (χ3n) is 3.73. The van der Waals surface area contributed by atoms with Gasteiger partial charge in [0, 0.05) is 18.6 Å². The second kappa shape index (κ2) is 5.13. The van der Waals surface area contributed by atoms with E-state index in [0.29, 0.717) is 0 Å². The van der Waals surface area contributed by atoms with E-state index in [9.17, 15) is 0 Å². The van der Waals surface area contributed by atoms with Gasteiger partial charge in [0.05, 0.1) is 0 Å². The Morgan fingerprint density at radius 1 is 1.00 bits per heavy atom. The largest absolute Gasteiger partial charge is 0.313 e. The zero-order chi connectivity index (χ0) is 9.80. The van der Waals surface area contributed by atoms with Crippen LogP contribution in [0.25, 0.3) is 0 Å². The van der Waals surface area contributed by atoms with Gasteiger partial charge in [-0.05, 0) is 39.3 Å². The molecule has 2 aliphatic rings. The predicted octanol–water partition coefficient (Wildman–Crippen LogP) is 2.00. The molecule has 0 saturated carbocycles. The molecule has 2 atom stereocenters. The first kappa shape index (κ1) is 10.4. The van der Waals surface area contributed by atoms with Gasteiger partial charge in [-0.15, -0.1) is 0 Å². The molecule has 82 valence electrons. The van der Waals surface area contributed by atoms with E-state index < -0.39 is 0 Å². The minimum absolute atomic E-state index is 0.741. The maximum Gasteiger partial charge on any atom is 0.0235 e. The van der Waals surface area contributed by atoms with Gasteiger partial charge < -0.3 is 5.32 Å². The Morgan fingerprint density at radius 3 is 2.21 bits per heavy atom. The van der Waals surface area contributed by atoms with Crippen LogP contribution in [0.5, 0.6) is 0 Å². The fourth-order valence-corrected chi connectivity index (χ4v) is 2.83. The summed E-state index contributed by atoms with van der Waals surface area (Å²) in [5.41, 5.74) is 0. The van der Waals surface area contributed by atoms with Crippen LogP contribution in [0.1, 0.15) is 45.4 Å². The summed E-state index contributed by atoms with van der Waals surface area (Å²) < 4.78 is 0. The van der Waals surface area contributed by atoms with E-state index in [1.807, 2.05) is 0 Å². The highest BCUT2D eigenvalue weighted by Gasteiger charge is 2.25. The molecule has 2 rings (SSSR count). The summed E-state index contributed by atoms with van der Waals surface area (Å²) in [4.78, 5) is 2.73. The number of rotatable bonds is 1. The monoisotopic (exact) mass is 196 g/mol. The highest BCUT2D eigenvalue weighted by molar-refractivity contribution is 4.86. The van der Waals surface area contributed by atoms with E-state index in [-0.39, 0.29) is 0 Å². The van der Waals surface area contributed by atoms with Crippen LogP contribution in [0, 0.1) is 0 Å². The second-order valence-electron chi connectivity index (χ2n) is 5.00. The van der Waals surface area contributed by atoms with E-state index >= 15 is 0 Å². The van der Waals surface area contributed by atoms with Crippen molar-refractivity contribution < 1.29 is 0 Å². The molecule has 2 unspecified atom stereocenters. The summed E-state index contributed by atoms with van der Waals surface area (Å²) in [5, 5.41) is 3.56. The molecule has 0 bridgehead atoms. The maximum absolute atomic E-state index is 3.56. The Kier molecular flexibility index (Phi) is 3.82. The van der Waals surface area contributed by atoms with E-state index in [1.54, 1.807) is 0 Å². The van der Waals surface area contributed by atoms with Crippen LogP contribution >= 0.6 is 0 Å². The molecule has 1 N–H and O–H groups in total. The summed E-state index contributed by atoms with van der Waals surface area (Å²) >= 11 is 0. The number of nitrogens with one attached hydrogen (secondary N) is 1. The zero-order valence-corrected chi connectivity index (χ0v) is 9.47. The van der Waals surface area contributed by atoms with Crippen molar-refractivity contribution in [3.8, 4) is 0 Å². The first-order valence-electron chi connectivity index (χ1n) is 6.33. The highest BCUT2D eigenvalue weighted by atomic mass is 15.2. The van der Waals surface area contributed by atoms with Crippen LogP contribution in [-0.4, -0.2) is 36.6 Å². The first-order valence-corrected chi connectivity index (χ1v) is 6.33. The molecule has 0 aromatic carbocycles. The fourth-order valence-electron chi connectivity index (χ4n) is 2.83. The minimum atomic E-state index is 0.741. The number of hydrogen-bond donors (Lipinski definition) is 1. The number of nitrogens with zero attached hydrogens (tertiary/aromatic N) is 1. The van der Waals surface area contributed by atoms with Crippen LogP contribution in [0.15, 0.2) is 0 Å². The Balaban J connectivity index is 1.81. The lowest BCUT2D eigenvalue weighted by molar-refractivity contribution is 0.188. The van der Waals surface area contributed by atoms with E-state index in [0.717, 1.165) is 12.1 Å². The van der Waals surface area contributed by atoms with Crippen molar-refractivity contribution in [1.29, 1.82) is 0 Å². The van der Waals surface area contributed by atoms with Crippen LogP contribution in [0.4, 0.5) is 0 Å².